The first-order valence-electron chi connectivity index (χ1n) is 8.76. The number of hydrogen-bond donors (Lipinski definition) is 1. The van der Waals surface area contributed by atoms with Gasteiger partial charge in [0.1, 0.15) is 22.9 Å². The number of nitro groups is 1. The van der Waals surface area contributed by atoms with E-state index < -0.39 is 78.2 Å². The van der Waals surface area contributed by atoms with Crippen LogP contribution >= 0.6 is 11.6 Å². The Labute approximate surface area is 192 Å². The quantitative estimate of drug-likeness (QED) is 0.234. The van der Waals surface area contributed by atoms with Crippen molar-refractivity contribution in [3.05, 3.63) is 89.4 Å². The van der Waals surface area contributed by atoms with Gasteiger partial charge in [-0.05, 0) is 12.1 Å². The summed E-state index contributed by atoms with van der Waals surface area (Å²) in [5.41, 5.74) is -8.98. The van der Waals surface area contributed by atoms with Crippen LogP contribution in [0.2, 0.25) is 5.02 Å². The van der Waals surface area contributed by atoms with Crippen LogP contribution in [-0.4, -0.2) is 14.2 Å². The first-order chi connectivity index (χ1) is 16.0. The van der Waals surface area contributed by atoms with Crippen molar-refractivity contribution >= 4 is 17.3 Å². The number of rotatable bonds is 4. The van der Waals surface area contributed by atoms with Crippen LogP contribution in [0.3, 0.4) is 0 Å². The lowest BCUT2D eigenvalue weighted by Gasteiger charge is -2.17. The van der Waals surface area contributed by atoms with Crippen LogP contribution in [-0.2, 0) is 12.4 Å². The normalized spacial score (nSPS) is 12.0. The molecule has 0 radical (unpaired) electrons. The lowest BCUT2D eigenvalue weighted by atomic mass is 10.1. The number of non-ortho nitro benzene ring substituents is 1. The molecule has 2 N–H and O–H groups in total. The molecule has 0 fully saturated rings. The maximum atomic E-state index is 14.5. The molecule has 0 aliphatic carbocycles. The Morgan fingerprint density at radius 2 is 1.60 bits per heavy atom. The van der Waals surface area contributed by atoms with Crippen molar-refractivity contribution in [3.63, 3.8) is 0 Å². The molecule has 0 atom stereocenters. The van der Waals surface area contributed by atoms with E-state index in [0.717, 1.165) is 0 Å². The third-order valence-corrected chi connectivity index (χ3v) is 4.66. The average molecular weight is 529 g/mol. The van der Waals surface area contributed by atoms with Gasteiger partial charge in [-0.25, -0.2) is 18.4 Å². The van der Waals surface area contributed by atoms with Crippen molar-refractivity contribution in [1.29, 1.82) is 0 Å². The fourth-order valence-corrected chi connectivity index (χ4v) is 3.01. The van der Waals surface area contributed by atoms with Crippen molar-refractivity contribution in [1.82, 2.24) is 9.24 Å². The number of alkyl halides is 6. The molecule has 2 aromatic carbocycles. The van der Waals surface area contributed by atoms with E-state index in [-0.39, 0.29) is 16.7 Å². The molecule has 35 heavy (non-hydrogen) atoms. The van der Waals surface area contributed by atoms with E-state index in [0.29, 0.717) is 24.3 Å². The minimum atomic E-state index is -5.22. The topological polar surface area (TPSA) is 122 Å². The number of nitrogen functional groups attached to an aromatic ring is 1. The molecule has 0 aliphatic rings. The third-order valence-electron chi connectivity index (χ3n) is 4.37. The van der Waals surface area contributed by atoms with Crippen LogP contribution < -0.4 is 21.8 Å². The van der Waals surface area contributed by atoms with Crippen molar-refractivity contribution in [3.8, 4) is 17.2 Å². The second-order valence-corrected chi connectivity index (χ2v) is 7.03. The molecule has 1 heterocycles. The van der Waals surface area contributed by atoms with Crippen LogP contribution in [0.25, 0.3) is 5.69 Å². The van der Waals surface area contributed by atoms with E-state index in [1.54, 1.807) is 0 Å². The van der Waals surface area contributed by atoms with Gasteiger partial charge in [0.05, 0.1) is 15.6 Å². The molecule has 1 aromatic heterocycles. The predicted octanol–water partition coefficient (Wildman–Crippen LogP) is 4.24. The molecule has 9 nitrogen and oxygen atoms in total. The summed E-state index contributed by atoms with van der Waals surface area (Å²) in [6.45, 7) is 0. The molecular weight excluding hydrogens is 521 g/mol. The Morgan fingerprint density at radius 3 is 2.14 bits per heavy atom. The standard InChI is InChI=1S/C18H8ClF7N4O5/c19-9-4-10(20)11(28-15(31)6-14(18(24,25)26)29(27)16(28)32)5-13(9)35-12-2-1-7(30(33)34)3-8(12)17(21,22)23/h1-6H,27H2. The number of nitro benzene ring substituents is 1. The molecule has 0 amide bonds. The summed E-state index contributed by atoms with van der Waals surface area (Å²) in [5, 5.41) is 10.1. The smallest absolute Gasteiger partial charge is 0.433 e. The minimum Gasteiger partial charge on any atom is -0.455 e. The summed E-state index contributed by atoms with van der Waals surface area (Å²) in [6.07, 6.45) is -10.4. The van der Waals surface area contributed by atoms with E-state index >= 15 is 0 Å². The molecular formula is C18H8ClF7N4O5. The Hall–Kier alpha value is -4.08. The van der Waals surface area contributed by atoms with Gasteiger partial charge in [-0.2, -0.15) is 26.3 Å². The highest BCUT2D eigenvalue weighted by atomic mass is 35.5. The molecule has 0 spiro atoms. The first kappa shape index (κ1) is 25.5. The molecule has 0 saturated heterocycles. The van der Waals surface area contributed by atoms with Gasteiger partial charge in [-0.15, -0.1) is 0 Å². The summed E-state index contributed by atoms with van der Waals surface area (Å²) >= 11 is 5.78. The fourth-order valence-electron chi connectivity index (χ4n) is 2.82. The largest absolute Gasteiger partial charge is 0.455 e. The number of aromatic nitrogens is 2. The second-order valence-electron chi connectivity index (χ2n) is 6.62. The van der Waals surface area contributed by atoms with Crippen molar-refractivity contribution < 1.29 is 40.4 Å². The molecule has 186 valence electrons. The summed E-state index contributed by atoms with van der Waals surface area (Å²) in [6, 6.07) is 2.16. The fraction of sp³-hybridized carbons (Fsp3) is 0.111. The Balaban J connectivity index is 2.21. The highest BCUT2D eigenvalue weighted by molar-refractivity contribution is 6.32. The third kappa shape index (κ3) is 4.91. The summed E-state index contributed by atoms with van der Waals surface area (Å²) < 4.78 is 98.0. The maximum absolute atomic E-state index is 14.5. The summed E-state index contributed by atoms with van der Waals surface area (Å²) in [5.74, 6) is 1.84. The number of halogens is 8. The van der Waals surface area contributed by atoms with Gasteiger partial charge in [0.2, 0.25) is 0 Å². The van der Waals surface area contributed by atoms with Crippen LogP contribution in [0.15, 0.2) is 46.0 Å². The van der Waals surface area contributed by atoms with E-state index in [9.17, 15) is 50.4 Å². The lowest BCUT2D eigenvalue weighted by Crippen LogP contribution is -2.45. The number of hydrogen-bond acceptors (Lipinski definition) is 6. The maximum Gasteiger partial charge on any atom is 0.433 e. The van der Waals surface area contributed by atoms with Crippen LogP contribution in [0.4, 0.5) is 36.4 Å². The van der Waals surface area contributed by atoms with Gasteiger partial charge in [-0.3, -0.25) is 14.9 Å². The molecule has 0 saturated carbocycles. The van der Waals surface area contributed by atoms with E-state index in [2.05, 4.69) is 0 Å². The van der Waals surface area contributed by atoms with E-state index in [1.165, 1.54) is 0 Å². The second kappa shape index (κ2) is 8.61. The zero-order valence-corrected chi connectivity index (χ0v) is 17.2. The van der Waals surface area contributed by atoms with Gasteiger partial charge in [0.25, 0.3) is 11.2 Å². The van der Waals surface area contributed by atoms with Crippen molar-refractivity contribution in [2.24, 2.45) is 0 Å². The predicted molar refractivity (Wildman–Crippen MR) is 105 cm³/mol. The first-order valence-corrected chi connectivity index (χ1v) is 9.14. The minimum absolute atomic E-state index is 0.103. The zero-order valence-electron chi connectivity index (χ0n) is 16.4. The molecule has 0 unspecified atom stereocenters. The summed E-state index contributed by atoms with van der Waals surface area (Å²) in [7, 11) is 0. The average Bonchev–Trinajstić information content (AvgIpc) is 2.72. The van der Waals surface area contributed by atoms with Gasteiger partial charge in [-0.1, -0.05) is 11.6 Å². The van der Waals surface area contributed by atoms with Gasteiger partial charge < -0.3 is 10.6 Å². The molecule has 0 bridgehead atoms. The van der Waals surface area contributed by atoms with Gasteiger partial charge >= 0.3 is 18.0 Å². The van der Waals surface area contributed by atoms with E-state index in [1.807, 2.05) is 0 Å². The van der Waals surface area contributed by atoms with Gasteiger partial charge in [0, 0.05) is 24.3 Å². The van der Waals surface area contributed by atoms with Crippen molar-refractivity contribution in [2.45, 2.75) is 12.4 Å². The number of nitrogens with zero attached hydrogens (tertiary/aromatic N) is 3. The van der Waals surface area contributed by atoms with Crippen LogP contribution in [0, 0.1) is 15.9 Å². The SMILES string of the molecule is Nn1c(C(F)(F)F)cc(=O)n(-c2cc(Oc3ccc([N+](=O)[O-])cc3C(F)(F)F)c(Cl)cc2F)c1=O. The molecule has 17 heteroatoms. The highest BCUT2D eigenvalue weighted by Crippen LogP contribution is 2.42. The number of ether oxygens (including phenoxy) is 1. The molecule has 3 rings (SSSR count). The van der Waals surface area contributed by atoms with Gasteiger partial charge in [0.15, 0.2) is 5.69 Å². The van der Waals surface area contributed by atoms with Crippen LogP contribution in [0.5, 0.6) is 11.5 Å². The summed E-state index contributed by atoms with van der Waals surface area (Å²) in [4.78, 5) is 34.2. The Morgan fingerprint density at radius 1 is 0.971 bits per heavy atom. The number of benzene rings is 2. The van der Waals surface area contributed by atoms with Crippen molar-refractivity contribution in [2.75, 3.05) is 5.84 Å². The molecule has 3 aromatic rings. The Bertz CT molecular complexity index is 1460. The Kier molecular flexibility index (Phi) is 6.28. The number of nitrogens with two attached hydrogens (primary N) is 1. The zero-order chi connectivity index (χ0) is 26.5. The van der Waals surface area contributed by atoms with Crippen LogP contribution in [0.1, 0.15) is 11.3 Å². The molecule has 0 aliphatic heterocycles. The monoisotopic (exact) mass is 528 g/mol. The lowest BCUT2D eigenvalue weighted by molar-refractivity contribution is -0.385. The highest BCUT2D eigenvalue weighted by Gasteiger charge is 2.37. The van der Waals surface area contributed by atoms with E-state index in [4.69, 9.17) is 22.2 Å².